The summed E-state index contributed by atoms with van der Waals surface area (Å²) in [6.45, 7) is 4.34. The van der Waals surface area contributed by atoms with Gasteiger partial charge >= 0.3 is 6.09 Å². The van der Waals surface area contributed by atoms with Crippen molar-refractivity contribution in [2.45, 2.75) is 26.0 Å². The second-order valence-electron chi connectivity index (χ2n) is 7.88. The quantitative estimate of drug-likeness (QED) is 0.661. The van der Waals surface area contributed by atoms with Crippen LogP contribution in [0, 0.1) is 0 Å². The Morgan fingerprint density at radius 3 is 2.47 bits per heavy atom. The molecule has 1 unspecified atom stereocenters. The van der Waals surface area contributed by atoms with Gasteiger partial charge in [-0.2, -0.15) is 0 Å². The Morgan fingerprint density at radius 2 is 1.81 bits per heavy atom. The molecule has 0 aromatic heterocycles. The zero-order chi connectivity index (χ0) is 22.8. The minimum Gasteiger partial charge on any atom is -0.508 e. The average molecular weight is 442 g/mol. The van der Waals surface area contributed by atoms with E-state index in [0.29, 0.717) is 38.3 Å². The van der Waals surface area contributed by atoms with Crippen molar-refractivity contribution in [3.05, 3.63) is 47.0 Å². The van der Waals surface area contributed by atoms with Crippen molar-refractivity contribution in [3.8, 4) is 23.0 Å². The molecule has 1 fully saturated rings. The molecular weight excluding hydrogens is 416 g/mol. The Bertz CT molecular complexity index is 1010. The smallest absolute Gasteiger partial charge is 0.409 e. The van der Waals surface area contributed by atoms with Gasteiger partial charge < -0.3 is 29.7 Å². The van der Waals surface area contributed by atoms with Crippen LogP contribution in [0.15, 0.2) is 30.3 Å². The Labute approximate surface area is 185 Å². The lowest BCUT2D eigenvalue weighted by Crippen LogP contribution is -2.48. The summed E-state index contributed by atoms with van der Waals surface area (Å²) in [5.74, 6) is -0.477. The molecule has 1 saturated heterocycles. The largest absolute Gasteiger partial charge is 0.508 e. The third-order valence-electron chi connectivity index (χ3n) is 5.81. The summed E-state index contributed by atoms with van der Waals surface area (Å²) in [4.78, 5) is 28.3. The van der Waals surface area contributed by atoms with E-state index in [2.05, 4.69) is 0 Å². The third-order valence-corrected chi connectivity index (χ3v) is 5.81. The first kappa shape index (κ1) is 21.8. The van der Waals surface area contributed by atoms with Crippen molar-refractivity contribution in [3.63, 3.8) is 0 Å². The number of carbonyl (C=O) groups excluding carboxylic acids is 2. The highest BCUT2D eigenvalue weighted by atomic mass is 16.6. The molecule has 2 aliphatic heterocycles. The van der Waals surface area contributed by atoms with Crippen LogP contribution in [0.1, 0.15) is 40.9 Å². The first-order valence-corrected chi connectivity index (χ1v) is 10.6. The van der Waals surface area contributed by atoms with Crippen LogP contribution in [0.3, 0.4) is 0 Å². The van der Waals surface area contributed by atoms with Gasteiger partial charge in [-0.1, -0.05) is 12.1 Å². The van der Waals surface area contributed by atoms with Crippen molar-refractivity contribution in [2.75, 3.05) is 32.8 Å². The molecule has 9 nitrogen and oxygen atoms in total. The van der Waals surface area contributed by atoms with Gasteiger partial charge in [0, 0.05) is 38.8 Å². The van der Waals surface area contributed by atoms with Crippen LogP contribution < -0.4 is 4.74 Å². The highest BCUT2D eigenvalue weighted by Gasteiger charge is 2.33. The van der Waals surface area contributed by atoms with Gasteiger partial charge in [0.05, 0.1) is 18.6 Å². The lowest BCUT2D eigenvalue weighted by molar-refractivity contribution is 0.0767. The van der Waals surface area contributed by atoms with E-state index in [1.165, 1.54) is 18.2 Å². The minimum atomic E-state index is -0.573. The first-order valence-electron chi connectivity index (χ1n) is 10.6. The molecule has 1 amide bonds. The Hall–Kier alpha value is -3.46. The van der Waals surface area contributed by atoms with Gasteiger partial charge in [-0.25, -0.2) is 4.79 Å². The number of ether oxygens (including phenoxy) is 2. The van der Waals surface area contributed by atoms with Crippen LogP contribution in [0.2, 0.25) is 0 Å². The van der Waals surface area contributed by atoms with Crippen LogP contribution in [-0.2, 0) is 11.3 Å². The van der Waals surface area contributed by atoms with Gasteiger partial charge in [-0.3, -0.25) is 9.69 Å². The van der Waals surface area contributed by atoms with E-state index < -0.39 is 6.10 Å². The second-order valence-corrected chi connectivity index (χ2v) is 7.88. The molecule has 2 aromatic carbocycles. The number of amides is 1. The summed E-state index contributed by atoms with van der Waals surface area (Å²) in [6.07, 6.45) is -0.887. The molecule has 0 bridgehead atoms. The maximum atomic E-state index is 12.8. The van der Waals surface area contributed by atoms with E-state index in [0.717, 1.165) is 0 Å². The number of fused-ring (bicyclic) bond motifs is 1. The summed E-state index contributed by atoms with van der Waals surface area (Å²) >= 11 is 0. The standard InChI is InChI=1S/C23H26N2O7/c1-2-31-23(30)25-9-7-24(8-10-25)13-16-17(27)11-20-21(22(16)29)18(28)12-19(32-20)14-3-5-15(26)6-4-14/h3-6,11,19,26-27,29H,2,7-10,12-13H2,1H3. The molecule has 2 aliphatic rings. The van der Waals surface area contributed by atoms with Gasteiger partial charge in [0.2, 0.25) is 0 Å². The molecule has 32 heavy (non-hydrogen) atoms. The number of ketones is 1. The predicted octanol–water partition coefficient (Wildman–Crippen LogP) is 2.78. The highest BCUT2D eigenvalue weighted by molar-refractivity contribution is 6.03. The van der Waals surface area contributed by atoms with Gasteiger partial charge in [-0.05, 0) is 24.6 Å². The molecule has 3 N–H and O–H groups in total. The average Bonchev–Trinajstić information content (AvgIpc) is 2.77. The molecule has 170 valence electrons. The number of nitrogens with zero attached hydrogens (tertiary/aromatic N) is 2. The number of piperazine rings is 1. The second kappa shape index (κ2) is 8.96. The predicted molar refractivity (Wildman–Crippen MR) is 114 cm³/mol. The van der Waals surface area contributed by atoms with Crippen LogP contribution in [0.5, 0.6) is 23.0 Å². The number of Topliss-reactive ketones (excluding diaryl/α,β-unsaturated/α-hetero) is 1. The molecule has 4 rings (SSSR count). The Kier molecular flexibility index (Phi) is 6.09. The number of hydrogen-bond donors (Lipinski definition) is 3. The van der Waals surface area contributed by atoms with Gasteiger partial charge in [-0.15, -0.1) is 0 Å². The number of aromatic hydroxyl groups is 3. The molecule has 9 heteroatoms. The lowest BCUT2D eigenvalue weighted by Gasteiger charge is -2.34. The van der Waals surface area contributed by atoms with Crippen LogP contribution in [0.4, 0.5) is 4.79 Å². The van der Waals surface area contributed by atoms with E-state index in [9.17, 15) is 24.9 Å². The van der Waals surface area contributed by atoms with E-state index in [1.54, 1.807) is 24.0 Å². The fourth-order valence-electron chi connectivity index (χ4n) is 4.06. The van der Waals surface area contributed by atoms with Crippen LogP contribution in [-0.4, -0.2) is 69.8 Å². The summed E-state index contributed by atoms with van der Waals surface area (Å²) in [5.41, 5.74) is 1.04. The van der Waals surface area contributed by atoms with Crippen molar-refractivity contribution < 1.29 is 34.4 Å². The fourth-order valence-corrected chi connectivity index (χ4v) is 4.06. The van der Waals surface area contributed by atoms with Gasteiger partial charge in [0.15, 0.2) is 5.78 Å². The number of benzene rings is 2. The van der Waals surface area contributed by atoms with Crippen LogP contribution >= 0.6 is 0 Å². The Balaban J connectivity index is 1.50. The lowest BCUT2D eigenvalue weighted by atomic mass is 9.93. The summed E-state index contributed by atoms with van der Waals surface area (Å²) < 4.78 is 10.9. The SMILES string of the molecule is CCOC(=O)N1CCN(Cc2c(O)cc3c(c2O)C(=O)CC(c2ccc(O)cc2)O3)CC1. The molecular formula is C23H26N2O7. The topological polar surface area (TPSA) is 120 Å². The summed E-state index contributed by atoms with van der Waals surface area (Å²) in [6, 6.07) is 7.73. The first-order chi connectivity index (χ1) is 15.4. The maximum absolute atomic E-state index is 12.8. The monoisotopic (exact) mass is 442 g/mol. The van der Waals surface area contributed by atoms with Crippen molar-refractivity contribution in [1.82, 2.24) is 9.80 Å². The number of rotatable bonds is 4. The molecule has 0 radical (unpaired) electrons. The molecule has 0 saturated carbocycles. The van der Waals surface area contributed by atoms with E-state index in [4.69, 9.17) is 9.47 Å². The third kappa shape index (κ3) is 4.29. The van der Waals surface area contributed by atoms with Crippen LogP contribution in [0.25, 0.3) is 0 Å². The molecule has 2 aromatic rings. The van der Waals surface area contributed by atoms with E-state index >= 15 is 0 Å². The van der Waals surface area contributed by atoms with E-state index in [-0.39, 0.29) is 59.0 Å². The fraction of sp³-hybridized carbons (Fsp3) is 0.391. The molecule has 1 atom stereocenters. The summed E-state index contributed by atoms with van der Waals surface area (Å²) in [5, 5.41) is 30.9. The highest BCUT2D eigenvalue weighted by Crippen LogP contribution is 2.45. The van der Waals surface area contributed by atoms with E-state index in [1.807, 2.05) is 4.90 Å². The molecule has 0 aliphatic carbocycles. The molecule has 0 spiro atoms. The normalized spacial score (nSPS) is 18.7. The number of phenolic OH excluding ortho intramolecular Hbond substituents is 3. The van der Waals surface area contributed by atoms with Crippen molar-refractivity contribution in [2.24, 2.45) is 0 Å². The minimum absolute atomic E-state index is 0.0355. The zero-order valence-electron chi connectivity index (χ0n) is 17.8. The molecule has 2 heterocycles. The van der Waals surface area contributed by atoms with Gasteiger partial charge in [0.25, 0.3) is 0 Å². The number of hydrogen-bond acceptors (Lipinski definition) is 8. The summed E-state index contributed by atoms with van der Waals surface area (Å²) in [7, 11) is 0. The zero-order valence-corrected chi connectivity index (χ0v) is 17.8. The Morgan fingerprint density at radius 1 is 1.12 bits per heavy atom. The van der Waals surface area contributed by atoms with Crippen molar-refractivity contribution >= 4 is 11.9 Å². The van der Waals surface area contributed by atoms with Crippen molar-refractivity contribution in [1.29, 1.82) is 0 Å². The van der Waals surface area contributed by atoms with Gasteiger partial charge in [0.1, 0.15) is 34.7 Å². The number of carbonyl (C=O) groups is 2. The maximum Gasteiger partial charge on any atom is 0.409 e. The number of phenols is 3.